The van der Waals surface area contributed by atoms with Crippen LogP contribution in [0.25, 0.3) is 0 Å². The Kier molecular flexibility index (Phi) is 10.1. The van der Waals surface area contributed by atoms with Crippen molar-refractivity contribution in [3.63, 3.8) is 0 Å². The molecular formula is C18H34IN5O2S. The summed E-state index contributed by atoms with van der Waals surface area (Å²) in [5.41, 5.74) is 0. The standard InChI is InChI=1S/C18H33N5O2S.HI/c1-15-5-7-16(8-6-15)13-23(4)18(19-2)20-10-11-21-26(24,25)17-9-12-22(3)14-17;/h9,12,14-16,21H,5-8,10-11,13H2,1-4H3,(H,19,20);1H. The van der Waals surface area contributed by atoms with Gasteiger partial charge in [-0.1, -0.05) is 19.8 Å². The molecule has 156 valence electrons. The summed E-state index contributed by atoms with van der Waals surface area (Å²) in [4.78, 5) is 6.75. The molecule has 27 heavy (non-hydrogen) atoms. The second kappa shape index (κ2) is 11.3. The molecule has 1 saturated carbocycles. The Hall–Kier alpha value is -0.810. The van der Waals surface area contributed by atoms with Crippen LogP contribution in [0, 0.1) is 11.8 Å². The van der Waals surface area contributed by atoms with Crippen molar-refractivity contribution in [2.45, 2.75) is 37.5 Å². The summed E-state index contributed by atoms with van der Waals surface area (Å²) in [7, 11) is 2.15. The Morgan fingerprint density at radius 2 is 1.96 bits per heavy atom. The maximum absolute atomic E-state index is 12.2. The van der Waals surface area contributed by atoms with Gasteiger partial charge in [-0.05, 0) is 30.7 Å². The first kappa shape index (κ1) is 24.2. The van der Waals surface area contributed by atoms with E-state index >= 15 is 0 Å². The van der Waals surface area contributed by atoms with Gasteiger partial charge in [-0.25, -0.2) is 13.1 Å². The Balaban J connectivity index is 0.00000364. The minimum atomic E-state index is -3.46. The molecule has 0 aromatic carbocycles. The highest BCUT2D eigenvalue weighted by molar-refractivity contribution is 14.0. The fourth-order valence-electron chi connectivity index (χ4n) is 3.45. The monoisotopic (exact) mass is 511 g/mol. The maximum Gasteiger partial charge on any atom is 0.242 e. The largest absolute Gasteiger partial charge is 0.356 e. The van der Waals surface area contributed by atoms with E-state index < -0.39 is 10.0 Å². The fourth-order valence-corrected chi connectivity index (χ4v) is 4.53. The lowest BCUT2D eigenvalue weighted by molar-refractivity contribution is 0.250. The first-order valence-corrected chi connectivity index (χ1v) is 10.8. The molecule has 0 bridgehead atoms. The summed E-state index contributed by atoms with van der Waals surface area (Å²) < 4.78 is 28.7. The van der Waals surface area contributed by atoms with Gasteiger partial charge < -0.3 is 14.8 Å². The van der Waals surface area contributed by atoms with Crippen LogP contribution in [0.15, 0.2) is 28.3 Å². The highest BCUT2D eigenvalue weighted by Gasteiger charge is 2.20. The smallest absolute Gasteiger partial charge is 0.242 e. The van der Waals surface area contributed by atoms with E-state index in [0.717, 1.165) is 18.4 Å². The van der Waals surface area contributed by atoms with Crippen molar-refractivity contribution in [2.75, 3.05) is 33.7 Å². The minimum Gasteiger partial charge on any atom is -0.356 e. The van der Waals surface area contributed by atoms with Gasteiger partial charge in [0.25, 0.3) is 0 Å². The third-order valence-electron chi connectivity index (χ3n) is 5.06. The van der Waals surface area contributed by atoms with Crippen molar-refractivity contribution in [3.05, 3.63) is 18.5 Å². The van der Waals surface area contributed by atoms with Gasteiger partial charge in [0, 0.05) is 53.2 Å². The Bertz CT molecular complexity index is 696. The highest BCUT2D eigenvalue weighted by Crippen LogP contribution is 2.28. The molecule has 1 aromatic rings. The first-order chi connectivity index (χ1) is 12.3. The number of hydrogen-bond acceptors (Lipinski definition) is 3. The molecule has 1 aliphatic carbocycles. The van der Waals surface area contributed by atoms with Crippen LogP contribution in [0.4, 0.5) is 0 Å². The summed E-state index contributed by atoms with van der Waals surface area (Å²) in [5, 5.41) is 3.24. The molecule has 0 spiro atoms. The summed E-state index contributed by atoms with van der Waals surface area (Å²) in [5.74, 6) is 2.38. The van der Waals surface area contributed by atoms with Gasteiger partial charge in [0.1, 0.15) is 0 Å². The van der Waals surface area contributed by atoms with Crippen LogP contribution < -0.4 is 10.0 Å². The van der Waals surface area contributed by atoms with Crippen LogP contribution in [0.5, 0.6) is 0 Å². The average Bonchev–Trinajstić information content (AvgIpc) is 3.04. The van der Waals surface area contributed by atoms with Crippen molar-refractivity contribution >= 4 is 40.0 Å². The molecule has 1 heterocycles. The van der Waals surface area contributed by atoms with E-state index in [1.165, 1.54) is 25.7 Å². The van der Waals surface area contributed by atoms with Crippen molar-refractivity contribution in [2.24, 2.45) is 23.9 Å². The molecule has 0 aliphatic heterocycles. The highest BCUT2D eigenvalue weighted by atomic mass is 127. The number of guanidine groups is 1. The minimum absolute atomic E-state index is 0. The van der Waals surface area contributed by atoms with Gasteiger partial charge in [-0.15, -0.1) is 24.0 Å². The number of nitrogens with zero attached hydrogens (tertiary/aromatic N) is 3. The Morgan fingerprint density at radius 1 is 1.30 bits per heavy atom. The first-order valence-electron chi connectivity index (χ1n) is 9.35. The molecule has 0 saturated heterocycles. The summed E-state index contributed by atoms with van der Waals surface area (Å²) in [6, 6.07) is 1.59. The number of aromatic nitrogens is 1. The van der Waals surface area contributed by atoms with Crippen LogP contribution in [-0.2, 0) is 17.1 Å². The molecular weight excluding hydrogens is 477 g/mol. The lowest BCUT2D eigenvalue weighted by atomic mass is 9.83. The predicted molar refractivity (Wildman–Crippen MR) is 121 cm³/mol. The quantitative estimate of drug-likeness (QED) is 0.255. The Labute approximate surface area is 181 Å². The van der Waals surface area contributed by atoms with Crippen LogP contribution in [0.1, 0.15) is 32.6 Å². The molecule has 9 heteroatoms. The molecule has 1 fully saturated rings. The number of rotatable bonds is 7. The summed E-state index contributed by atoms with van der Waals surface area (Å²) in [6.07, 6.45) is 8.49. The van der Waals surface area contributed by atoms with Gasteiger partial charge in [0.05, 0.1) is 4.90 Å². The lowest BCUT2D eigenvalue weighted by Crippen LogP contribution is -2.44. The molecule has 0 unspecified atom stereocenters. The molecule has 7 nitrogen and oxygen atoms in total. The molecule has 0 atom stereocenters. The number of hydrogen-bond donors (Lipinski definition) is 2. The van der Waals surface area contributed by atoms with Gasteiger partial charge in [0.2, 0.25) is 10.0 Å². The summed E-state index contributed by atoms with van der Waals surface area (Å²) >= 11 is 0. The average molecular weight is 511 g/mol. The van der Waals surface area contributed by atoms with Crippen LogP contribution >= 0.6 is 24.0 Å². The summed E-state index contributed by atoms with van der Waals surface area (Å²) in [6.45, 7) is 4.12. The molecule has 1 aromatic heterocycles. The molecule has 0 amide bonds. The maximum atomic E-state index is 12.2. The third kappa shape index (κ3) is 7.61. The van der Waals surface area contributed by atoms with Gasteiger partial charge >= 0.3 is 0 Å². The number of aryl methyl sites for hydroxylation is 1. The molecule has 0 radical (unpaired) electrons. The normalized spacial score (nSPS) is 20.8. The zero-order valence-electron chi connectivity index (χ0n) is 16.8. The number of aliphatic imine (C=N–C) groups is 1. The van der Waals surface area contributed by atoms with Crippen LogP contribution in [0.3, 0.4) is 0 Å². The lowest BCUT2D eigenvalue weighted by Gasteiger charge is -2.31. The second-order valence-corrected chi connectivity index (χ2v) is 9.16. The van der Waals surface area contributed by atoms with E-state index in [1.807, 2.05) is 7.05 Å². The van der Waals surface area contributed by atoms with E-state index in [-0.39, 0.29) is 28.9 Å². The van der Waals surface area contributed by atoms with E-state index in [2.05, 4.69) is 26.9 Å². The van der Waals surface area contributed by atoms with Crippen molar-refractivity contribution in [1.82, 2.24) is 19.5 Å². The molecule has 2 N–H and O–H groups in total. The number of halogens is 1. The van der Waals surface area contributed by atoms with E-state index in [4.69, 9.17) is 0 Å². The van der Waals surface area contributed by atoms with E-state index in [9.17, 15) is 8.42 Å². The fraction of sp³-hybridized carbons (Fsp3) is 0.722. The third-order valence-corrected chi connectivity index (χ3v) is 6.50. The van der Waals surface area contributed by atoms with Gasteiger partial charge in [-0.3, -0.25) is 4.99 Å². The van der Waals surface area contributed by atoms with Gasteiger partial charge in [0.15, 0.2) is 5.96 Å². The van der Waals surface area contributed by atoms with Crippen molar-refractivity contribution < 1.29 is 8.42 Å². The molecule has 2 rings (SSSR count). The van der Waals surface area contributed by atoms with Gasteiger partial charge in [-0.2, -0.15) is 0 Å². The van der Waals surface area contributed by atoms with Crippen molar-refractivity contribution in [1.29, 1.82) is 0 Å². The number of sulfonamides is 1. The second-order valence-electron chi connectivity index (χ2n) is 7.39. The zero-order valence-corrected chi connectivity index (χ0v) is 20.0. The molecule has 1 aliphatic rings. The Morgan fingerprint density at radius 3 is 2.52 bits per heavy atom. The topological polar surface area (TPSA) is 78.7 Å². The van der Waals surface area contributed by atoms with E-state index in [1.54, 1.807) is 37.1 Å². The van der Waals surface area contributed by atoms with Crippen molar-refractivity contribution in [3.8, 4) is 0 Å². The van der Waals surface area contributed by atoms with Crippen LogP contribution in [-0.4, -0.2) is 57.6 Å². The number of nitrogens with one attached hydrogen (secondary N) is 2. The van der Waals surface area contributed by atoms with E-state index in [0.29, 0.717) is 19.0 Å². The predicted octanol–water partition coefficient (Wildman–Crippen LogP) is 2.25. The SMILES string of the molecule is CN=C(NCCNS(=O)(=O)c1ccn(C)c1)N(C)CC1CCC(C)CC1.I. The van der Waals surface area contributed by atoms with Crippen LogP contribution in [0.2, 0.25) is 0 Å². The zero-order chi connectivity index (χ0) is 19.2.